The summed E-state index contributed by atoms with van der Waals surface area (Å²) in [4.78, 5) is 25.0. The minimum Gasteiger partial charge on any atom is -0.477 e. The van der Waals surface area contributed by atoms with E-state index >= 15 is 0 Å². The fourth-order valence-electron chi connectivity index (χ4n) is 2.95. The largest absolute Gasteiger partial charge is 0.477 e. The highest BCUT2D eigenvalue weighted by Gasteiger charge is 2.33. The van der Waals surface area contributed by atoms with Crippen molar-refractivity contribution in [2.75, 3.05) is 13.1 Å². The van der Waals surface area contributed by atoms with E-state index in [1.54, 1.807) is 18.0 Å². The molecule has 0 radical (unpaired) electrons. The van der Waals surface area contributed by atoms with Gasteiger partial charge >= 0.3 is 12.1 Å². The van der Waals surface area contributed by atoms with Crippen LogP contribution in [0.15, 0.2) is 6.07 Å². The van der Waals surface area contributed by atoms with Crippen LogP contribution in [0.3, 0.4) is 0 Å². The summed E-state index contributed by atoms with van der Waals surface area (Å²) in [5.41, 5.74) is 0.456. The first-order valence-electron chi connectivity index (χ1n) is 7.83. The number of carbonyl (C=O) groups is 2. The van der Waals surface area contributed by atoms with Gasteiger partial charge in [0, 0.05) is 26.1 Å². The SMILES string of the molecule is CC1CN(C(=O)OC(C)(C)C)CCC1c1cc(C(=O)O)n(C)n1. The summed E-state index contributed by atoms with van der Waals surface area (Å²) in [5, 5.41) is 13.5. The van der Waals surface area contributed by atoms with Gasteiger partial charge in [-0.1, -0.05) is 6.92 Å². The van der Waals surface area contributed by atoms with Gasteiger partial charge in [-0.05, 0) is 39.2 Å². The van der Waals surface area contributed by atoms with Crippen LogP contribution in [0.2, 0.25) is 0 Å². The Morgan fingerprint density at radius 3 is 2.52 bits per heavy atom. The molecule has 1 aromatic rings. The number of carboxylic acid groups (broad SMARTS) is 1. The van der Waals surface area contributed by atoms with E-state index in [4.69, 9.17) is 9.84 Å². The number of rotatable bonds is 2. The Morgan fingerprint density at radius 2 is 2.04 bits per heavy atom. The molecule has 0 spiro atoms. The third kappa shape index (κ3) is 4.03. The van der Waals surface area contributed by atoms with Crippen LogP contribution in [0.5, 0.6) is 0 Å². The lowest BCUT2D eigenvalue weighted by Gasteiger charge is -2.36. The minimum absolute atomic E-state index is 0.146. The van der Waals surface area contributed by atoms with Gasteiger partial charge in [0.05, 0.1) is 5.69 Å². The van der Waals surface area contributed by atoms with Crippen molar-refractivity contribution in [1.29, 1.82) is 0 Å². The molecular weight excluding hydrogens is 298 g/mol. The van der Waals surface area contributed by atoms with Gasteiger partial charge in [0.25, 0.3) is 0 Å². The second kappa shape index (κ2) is 6.22. The number of carboxylic acids is 1. The molecule has 0 bridgehead atoms. The molecule has 1 aliphatic rings. The van der Waals surface area contributed by atoms with Crippen LogP contribution in [0, 0.1) is 5.92 Å². The number of nitrogens with zero attached hydrogens (tertiary/aromatic N) is 3. The van der Waals surface area contributed by atoms with Gasteiger partial charge in [-0.2, -0.15) is 5.10 Å². The van der Waals surface area contributed by atoms with Crippen LogP contribution in [0.25, 0.3) is 0 Å². The Balaban J connectivity index is 2.06. The highest BCUT2D eigenvalue weighted by atomic mass is 16.6. The van der Waals surface area contributed by atoms with E-state index < -0.39 is 11.6 Å². The van der Waals surface area contributed by atoms with Crippen molar-refractivity contribution in [3.63, 3.8) is 0 Å². The lowest BCUT2D eigenvalue weighted by molar-refractivity contribution is 0.0153. The van der Waals surface area contributed by atoms with E-state index in [0.29, 0.717) is 13.1 Å². The molecule has 1 fully saturated rings. The summed E-state index contributed by atoms with van der Waals surface area (Å²) in [5.74, 6) is -0.647. The fourth-order valence-corrected chi connectivity index (χ4v) is 2.95. The Morgan fingerprint density at radius 1 is 1.39 bits per heavy atom. The van der Waals surface area contributed by atoms with Crippen LogP contribution in [-0.4, -0.2) is 50.5 Å². The predicted molar refractivity (Wildman–Crippen MR) is 84.5 cm³/mol. The van der Waals surface area contributed by atoms with Crippen molar-refractivity contribution < 1.29 is 19.4 Å². The molecule has 1 aliphatic heterocycles. The molecule has 7 nitrogen and oxygen atoms in total. The van der Waals surface area contributed by atoms with Crippen LogP contribution >= 0.6 is 0 Å². The molecule has 0 aromatic carbocycles. The van der Waals surface area contributed by atoms with Gasteiger partial charge in [0.2, 0.25) is 0 Å². The zero-order valence-corrected chi connectivity index (χ0v) is 14.4. The molecule has 2 heterocycles. The van der Waals surface area contributed by atoms with Gasteiger partial charge in [0.1, 0.15) is 11.3 Å². The molecule has 1 aromatic heterocycles. The van der Waals surface area contributed by atoms with Crippen molar-refractivity contribution in [1.82, 2.24) is 14.7 Å². The molecule has 0 aliphatic carbocycles. The summed E-state index contributed by atoms with van der Waals surface area (Å²) < 4.78 is 6.80. The maximum Gasteiger partial charge on any atom is 0.410 e. The van der Waals surface area contributed by atoms with Crippen molar-refractivity contribution >= 4 is 12.1 Å². The minimum atomic E-state index is -0.981. The van der Waals surface area contributed by atoms with E-state index in [-0.39, 0.29) is 23.6 Å². The molecular formula is C16H25N3O4. The molecule has 23 heavy (non-hydrogen) atoms. The Labute approximate surface area is 136 Å². The number of hydrogen-bond acceptors (Lipinski definition) is 4. The number of amides is 1. The molecule has 2 atom stereocenters. The van der Waals surface area contributed by atoms with Gasteiger partial charge in [-0.3, -0.25) is 4.68 Å². The van der Waals surface area contributed by atoms with Crippen LogP contribution in [0.4, 0.5) is 4.79 Å². The van der Waals surface area contributed by atoms with Gasteiger partial charge in [0.15, 0.2) is 0 Å². The molecule has 0 saturated carbocycles. The number of aryl methyl sites for hydroxylation is 1. The van der Waals surface area contributed by atoms with Gasteiger partial charge in [-0.15, -0.1) is 0 Å². The number of piperidine rings is 1. The smallest absolute Gasteiger partial charge is 0.410 e. The second-order valence-electron chi connectivity index (χ2n) is 7.18. The number of likely N-dealkylation sites (tertiary alicyclic amines) is 1. The first-order valence-corrected chi connectivity index (χ1v) is 7.83. The quantitative estimate of drug-likeness (QED) is 0.904. The monoisotopic (exact) mass is 323 g/mol. The molecule has 7 heteroatoms. The van der Waals surface area contributed by atoms with Crippen LogP contribution in [-0.2, 0) is 11.8 Å². The summed E-state index contributed by atoms with van der Waals surface area (Å²) in [6, 6.07) is 1.63. The van der Waals surface area contributed by atoms with Crippen molar-refractivity contribution in [3.8, 4) is 0 Å². The molecule has 128 valence electrons. The van der Waals surface area contributed by atoms with Crippen LogP contribution < -0.4 is 0 Å². The van der Waals surface area contributed by atoms with Crippen LogP contribution in [0.1, 0.15) is 56.2 Å². The summed E-state index contributed by atoms with van der Waals surface area (Å²) >= 11 is 0. The summed E-state index contributed by atoms with van der Waals surface area (Å²) in [6.45, 7) is 8.77. The maximum absolute atomic E-state index is 12.2. The van der Waals surface area contributed by atoms with Gasteiger partial charge < -0.3 is 14.7 Å². The highest BCUT2D eigenvalue weighted by Crippen LogP contribution is 2.32. The standard InChI is InChI=1S/C16H25N3O4/c1-10-9-19(15(22)23-16(2,3)4)7-6-11(10)12-8-13(14(20)21)18(5)17-12/h8,10-11H,6-7,9H2,1-5H3,(H,20,21). The lowest BCUT2D eigenvalue weighted by Crippen LogP contribution is -2.44. The molecule has 2 rings (SSSR count). The van der Waals surface area contributed by atoms with Crippen molar-refractivity contribution in [2.45, 2.75) is 45.6 Å². The normalized spacial score (nSPS) is 22.0. The first-order chi connectivity index (χ1) is 10.6. The Bertz CT molecular complexity index is 603. The maximum atomic E-state index is 12.2. The molecule has 1 saturated heterocycles. The van der Waals surface area contributed by atoms with E-state index in [2.05, 4.69) is 12.0 Å². The third-order valence-electron chi connectivity index (χ3n) is 4.05. The summed E-state index contributed by atoms with van der Waals surface area (Å²) in [7, 11) is 1.63. The Kier molecular flexibility index (Phi) is 4.68. The lowest BCUT2D eigenvalue weighted by atomic mass is 9.84. The van der Waals surface area contributed by atoms with E-state index in [1.165, 1.54) is 4.68 Å². The zero-order valence-electron chi connectivity index (χ0n) is 14.4. The number of aromatic nitrogens is 2. The molecule has 2 unspecified atom stereocenters. The van der Waals surface area contributed by atoms with E-state index in [9.17, 15) is 9.59 Å². The van der Waals surface area contributed by atoms with E-state index in [0.717, 1.165) is 12.1 Å². The number of carbonyl (C=O) groups excluding carboxylic acids is 1. The first kappa shape index (κ1) is 17.3. The average molecular weight is 323 g/mol. The number of aromatic carboxylic acids is 1. The predicted octanol–water partition coefficient (Wildman–Crippen LogP) is 2.48. The zero-order chi connectivity index (χ0) is 17.4. The average Bonchev–Trinajstić information content (AvgIpc) is 2.78. The Hall–Kier alpha value is -2.05. The third-order valence-corrected chi connectivity index (χ3v) is 4.05. The van der Waals surface area contributed by atoms with E-state index in [1.807, 2.05) is 20.8 Å². The van der Waals surface area contributed by atoms with Crippen molar-refractivity contribution in [3.05, 3.63) is 17.5 Å². The summed E-state index contributed by atoms with van der Waals surface area (Å²) in [6.07, 6.45) is 0.450. The second-order valence-corrected chi connectivity index (χ2v) is 7.18. The van der Waals surface area contributed by atoms with Gasteiger partial charge in [-0.25, -0.2) is 9.59 Å². The number of hydrogen-bond donors (Lipinski definition) is 1. The fraction of sp³-hybridized carbons (Fsp3) is 0.688. The molecule has 1 amide bonds. The topological polar surface area (TPSA) is 84.7 Å². The molecule has 1 N–H and O–H groups in total. The number of ether oxygens (including phenoxy) is 1. The highest BCUT2D eigenvalue weighted by molar-refractivity contribution is 5.85. The van der Waals surface area contributed by atoms with Crippen molar-refractivity contribution in [2.24, 2.45) is 13.0 Å².